The Labute approximate surface area is 152 Å². The molecule has 0 aliphatic carbocycles. The van der Waals surface area contributed by atoms with E-state index in [2.05, 4.69) is 10.2 Å². The highest BCUT2D eigenvalue weighted by Gasteiger charge is 2.31. The Balaban J connectivity index is 1.81. The van der Waals surface area contributed by atoms with Crippen molar-refractivity contribution in [1.82, 2.24) is 14.9 Å². The second kappa shape index (κ2) is 6.45. The molecule has 1 aliphatic rings. The number of fused-ring (bicyclic) bond motifs is 1. The maximum Gasteiger partial charge on any atom is 0.304 e. The zero-order valence-electron chi connectivity index (χ0n) is 13.3. The van der Waals surface area contributed by atoms with Gasteiger partial charge in [-0.15, -0.1) is 21.5 Å². The molecular formula is C17H14N4O2S2. The number of thiophene rings is 1. The van der Waals surface area contributed by atoms with Gasteiger partial charge in [-0.1, -0.05) is 47.7 Å². The maximum atomic E-state index is 11.2. The van der Waals surface area contributed by atoms with Gasteiger partial charge >= 0.3 is 5.97 Å². The van der Waals surface area contributed by atoms with Crippen LogP contribution in [0.15, 0.2) is 52.0 Å². The van der Waals surface area contributed by atoms with Crippen molar-refractivity contribution in [2.75, 3.05) is 0 Å². The second-order valence-corrected chi connectivity index (χ2v) is 7.77. The van der Waals surface area contributed by atoms with Gasteiger partial charge in [-0.05, 0) is 18.4 Å². The van der Waals surface area contributed by atoms with Crippen molar-refractivity contribution < 1.29 is 9.90 Å². The molecule has 8 heteroatoms. The van der Waals surface area contributed by atoms with Gasteiger partial charge < -0.3 is 5.11 Å². The molecule has 0 spiro atoms. The van der Waals surface area contributed by atoms with E-state index in [9.17, 15) is 9.90 Å². The van der Waals surface area contributed by atoms with Crippen LogP contribution < -0.4 is 0 Å². The highest BCUT2D eigenvalue weighted by atomic mass is 32.2. The lowest BCUT2D eigenvalue weighted by atomic mass is 10.1. The van der Waals surface area contributed by atoms with Crippen LogP contribution >= 0.6 is 23.1 Å². The smallest absolute Gasteiger partial charge is 0.304 e. The average molecular weight is 370 g/mol. The van der Waals surface area contributed by atoms with Crippen LogP contribution in [0.4, 0.5) is 0 Å². The van der Waals surface area contributed by atoms with Crippen LogP contribution in [0.25, 0.3) is 11.4 Å². The minimum absolute atomic E-state index is 0.00583. The Kier molecular flexibility index (Phi) is 4.14. The molecule has 3 heterocycles. The van der Waals surface area contributed by atoms with Gasteiger partial charge in [-0.2, -0.15) is 9.78 Å². The highest BCUT2D eigenvalue weighted by Crippen LogP contribution is 2.35. The number of benzene rings is 1. The lowest BCUT2D eigenvalue weighted by Crippen LogP contribution is -2.26. The van der Waals surface area contributed by atoms with Crippen LogP contribution in [0.1, 0.15) is 16.9 Å². The number of aromatic nitrogens is 3. The Morgan fingerprint density at radius 1 is 1.24 bits per heavy atom. The van der Waals surface area contributed by atoms with Crippen molar-refractivity contribution >= 4 is 34.8 Å². The Bertz CT molecular complexity index is 946. The van der Waals surface area contributed by atoms with Crippen molar-refractivity contribution in [3.05, 3.63) is 52.2 Å². The third-order valence-electron chi connectivity index (χ3n) is 3.82. The van der Waals surface area contributed by atoms with Gasteiger partial charge in [-0.25, -0.2) is 0 Å². The van der Waals surface area contributed by atoms with Gasteiger partial charge in [0.25, 0.3) is 0 Å². The molecule has 1 N–H and O–H groups in total. The lowest BCUT2D eigenvalue weighted by molar-refractivity contribution is -0.136. The van der Waals surface area contributed by atoms with Crippen molar-refractivity contribution in [3.8, 4) is 11.4 Å². The van der Waals surface area contributed by atoms with Crippen LogP contribution in [-0.2, 0) is 4.79 Å². The zero-order chi connectivity index (χ0) is 17.4. The van der Waals surface area contributed by atoms with E-state index in [0.717, 1.165) is 16.2 Å². The van der Waals surface area contributed by atoms with Crippen molar-refractivity contribution in [2.24, 2.45) is 5.10 Å². The molecule has 1 aromatic carbocycles. The van der Waals surface area contributed by atoms with E-state index in [1.807, 2.05) is 48.7 Å². The van der Waals surface area contributed by atoms with E-state index in [0.29, 0.717) is 11.0 Å². The van der Waals surface area contributed by atoms with Gasteiger partial charge in [0.2, 0.25) is 5.16 Å². The summed E-state index contributed by atoms with van der Waals surface area (Å²) in [5.41, 5.74) is 2.85. The summed E-state index contributed by atoms with van der Waals surface area (Å²) in [4.78, 5) is 12.2. The molecule has 0 unspecified atom stereocenters. The predicted molar refractivity (Wildman–Crippen MR) is 98.3 cm³/mol. The molecule has 3 aromatic rings. The summed E-state index contributed by atoms with van der Waals surface area (Å²) in [5, 5.41) is 24.7. The molecule has 0 amide bonds. The summed E-state index contributed by atoms with van der Waals surface area (Å²) in [6, 6.07) is 11.9. The zero-order valence-corrected chi connectivity index (χ0v) is 14.9. The first-order chi connectivity index (χ1) is 12.1. The minimum atomic E-state index is -0.853. The highest BCUT2D eigenvalue weighted by molar-refractivity contribution is 8.00. The second-order valence-electron chi connectivity index (χ2n) is 5.65. The number of thioether (sulfide) groups is 1. The molecule has 1 aliphatic heterocycles. The van der Waals surface area contributed by atoms with Crippen LogP contribution in [-0.4, -0.2) is 36.9 Å². The van der Waals surface area contributed by atoms with E-state index < -0.39 is 5.97 Å². The van der Waals surface area contributed by atoms with E-state index in [4.69, 9.17) is 5.10 Å². The summed E-state index contributed by atoms with van der Waals surface area (Å²) in [6.45, 7) is 2.03. The molecular weight excluding hydrogens is 356 g/mol. The van der Waals surface area contributed by atoms with Gasteiger partial charge in [0.05, 0.1) is 22.3 Å². The largest absolute Gasteiger partial charge is 0.481 e. The summed E-state index contributed by atoms with van der Waals surface area (Å²) < 4.78 is 1.71. The first-order valence-electron chi connectivity index (χ1n) is 7.65. The van der Waals surface area contributed by atoms with E-state index in [-0.39, 0.29) is 11.7 Å². The fourth-order valence-electron chi connectivity index (χ4n) is 2.60. The summed E-state index contributed by atoms with van der Waals surface area (Å²) in [6.07, 6.45) is -0.00583. The molecule has 0 saturated carbocycles. The molecule has 4 rings (SSSR count). The van der Waals surface area contributed by atoms with Crippen molar-refractivity contribution in [2.45, 2.75) is 23.8 Å². The van der Waals surface area contributed by atoms with Crippen LogP contribution in [0.3, 0.4) is 0 Å². The predicted octanol–water partition coefficient (Wildman–Crippen LogP) is 3.52. The maximum absolute atomic E-state index is 11.2. The van der Waals surface area contributed by atoms with Crippen LogP contribution in [0.2, 0.25) is 0 Å². The molecule has 25 heavy (non-hydrogen) atoms. The van der Waals surface area contributed by atoms with Crippen molar-refractivity contribution in [3.63, 3.8) is 0 Å². The lowest BCUT2D eigenvalue weighted by Gasteiger charge is -2.21. The molecule has 6 nitrogen and oxygen atoms in total. The number of carboxylic acids is 1. The van der Waals surface area contributed by atoms with Crippen LogP contribution in [0, 0.1) is 6.92 Å². The molecule has 126 valence electrons. The number of aryl methyl sites for hydroxylation is 1. The van der Waals surface area contributed by atoms with E-state index in [1.165, 1.54) is 17.3 Å². The molecule has 2 aromatic heterocycles. The number of aliphatic carboxylic acids is 1. The van der Waals surface area contributed by atoms with Gasteiger partial charge in [0.15, 0.2) is 5.82 Å². The standard InChI is InChI=1S/C17H14N4O2S2/c1-10-4-6-11(7-5-10)16-18-19-17-21(16)20-15(12-3-2-8-24-12)13(25-17)9-14(22)23/h2-8,13H,9H2,1H3,(H,22,23)/t13-/m0/s1. The topological polar surface area (TPSA) is 80.4 Å². The minimum Gasteiger partial charge on any atom is -0.481 e. The Hall–Kier alpha value is -2.45. The van der Waals surface area contributed by atoms with Gasteiger partial charge in [-0.3, -0.25) is 4.79 Å². The van der Waals surface area contributed by atoms with E-state index >= 15 is 0 Å². The summed E-state index contributed by atoms with van der Waals surface area (Å²) >= 11 is 2.94. The molecule has 0 fully saturated rings. The third-order valence-corrected chi connectivity index (χ3v) is 5.85. The van der Waals surface area contributed by atoms with Crippen molar-refractivity contribution in [1.29, 1.82) is 0 Å². The monoisotopic (exact) mass is 370 g/mol. The number of carbonyl (C=O) groups is 1. The third kappa shape index (κ3) is 3.10. The fourth-order valence-corrected chi connectivity index (χ4v) is 4.52. The molecule has 0 saturated heterocycles. The molecule has 0 radical (unpaired) electrons. The first kappa shape index (κ1) is 16.0. The number of carboxylic acid groups (broad SMARTS) is 1. The summed E-state index contributed by atoms with van der Waals surface area (Å²) in [5.74, 6) is -0.196. The molecule has 0 bridgehead atoms. The number of nitrogens with zero attached hydrogens (tertiary/aromatic N) is 4. The first-order valence-corrected chi connectivity index (χ1v) is 9.41. The van der Waals surface area contributed by atoms with Gasteiger partial charge in [0.1, 0.15) is 0 Å². The quantitative estimate of drug-likeness (QED) is 0.760. The molecule has 1 atom stereocenters. The Morgan fingerprint density at radius 3 is 2.72 bits per heavy atom. The number of rotatable bonds is 4. The average Bonchev–Trinajstić information content (AvgIpc) is 3.23. The van der Waals surface area contributed by atoms with E-state index in [1.54, 1.807) is 16.0 Å². The SMILES string of the molecule is Cc1ccc(-c2nnc3n2N=C(c2cccs2)[C@H](CC(=O)O)S3)cc1. The number of hydrogen-bond donors (Lipinski definition) is 1. The van der Waals surface area contributed by atoms with Crippen LogP contribution in [0.5, 0.6) is 0 Å². The normalized spacial score (nSPS) is 16.4. The summed E-state index contributed by atoms with van der Waals surface area (Å²) in [7, 11) is 0. The number of hydrogen-bond acceptors (Lipinski definition) is 6. The fraction of sp³-hybridized carbons (Fsp3) is 0.176. The Morgan fingerprint density at radius 2 is 2.04 bits per heavy atom. The van der Waals surface area contributed by atoms with Gasteiger partial charge in [0, 0.05) is 5.56 Å².